The maximum absolute atomic E-state index is 11.6. The van der Waals surface area contributed by atoms with E-state index in [1.165, 1.54) is 14.0 Å². The van der Waals surface area contributed by atoms with Gasteiger partial charge in [0.1, 0.15) is 6.61 Å². The van der Waals surface area contributed by atoms with Crippen molar-refractivity contribution in [2.75, 3.05) is 80.0 Å². The molecule has 0 radical (unpaired) electrons. The predicted molar refractivity (Wildman–Crippen MR) is 204 cm³/mol. The van der Waals surface area contributed by atoms with Gasteiger partial charge in [-0.1, -0.05) is 45.4 Å². The molecule has 0 aromatic rings. The molecule has 0 unspecified atom stereocenters. The molecule has 0 saturated heterocycles. The third kappa shape index (κ3) is 42.3. The number of aliphatic imine (C=N–C) groups is 1. The zero-order chi connectivity index (χ0) is 40.5. The highest BCUT2D eigenvalue weighted by molar-refractivity contribution is 5.83. The molecule has 54 heavy (non-hydrogen) atoms. The van der Waals surface area contributed by atoms with E-state index >= 15 is 0 Å². The first-order valence-electron chi connectivity index (χ1n) is 19.2. The van der Waals surface area contributed by atoms with E-state index in [0.29, 0.717) is 58.8 Å². The Kier molecular flexibility index (Phi) is 38.5. The van der Waals surface area contributed by atoms with E-state index in [2.05, 4.69) is 37.9 Å². The van der Waals surface area contributed by atoms with Crippen LogP contribution < -0.4 is 21.3 Å². The lowest BCUT2D eigenvalue weighted by molar-refractivity contribution is -0.150. The minimum atomic E-state index is -0.451. The van der Waals surface area contributed by atoms with Gasteiger partial charge in [0.25, 0.3) is 0 Å². The van der Waals surface area contributed by atoms with Gasteiger partial charge in [-0.05, 0) is 51.9 Å². The van der Waals surface area contributed by atoms with Crippen molar-refractivity contribution in [2.45, 2.75) is 117 Å². The van der Waals surface area contributed by atoms with Crippen molar-refractivity contribution in [3.63, 3.8) is 0 Å². The maximum atomic E-state index is 11.6. The Morgan fingerprint density at radius 1 is 0.500 bits per heavy atom. The molecule has 4 amide bonds. The molecule has 0 aliphatic heterocycles. The van der Waals surface area contributed by atoms with E-state index in [0.717, 1.165) is 76.3 Å². The van der Waals surface area contributed by atoms with Gasteiger partial charge in [-0.15, -0.1) is 0 Å². The van der Waals surface area contributed by atoms with E-state index in [4.69, 9.17) is 23.7 Å². The summed E-state index contributed by atoms with van der Waals surface area (Å²) in [7, 11) is 2.95. The fraction of sp³-hybridized carbons (Fsp3) is 0.811. The van der Waals surface area contributed by atoms with Crippen molar-refractivity contribution in [2.24, 2.45) is 4.99 Å². The molecule has 0 aliphatic rings. The molecular weight excluding hydrogens is 706 g/mol. The molecule has 314 valence electrons. The molecule has 17 heteroatoms. The first kappa shape index (κ1) is 52.0. The van der Waals surface area contributed by atoms with Gasteiger partial charge in [0.2, 0.25) is 5.91 Å². The highest BCUT2D eigenvalue weighted by Crippen LogP contribution is 2.02. The molecule has 0 aromatic carbocycles. The van der Waals surface area contributed by atoms with Gasteiger partial charge in [-0.2, -0.15) is 0 Å². The van der Waals surface area contributed by atoms with Crippen LogP contribution in [0.15, 0.2) is 4.99 Å². The number of amides is 4. The van der Waals surface area contributed by atoms with Crippen LogP contribution >= 0.6 is 0 Å². The Bertz CT molecular complexity index is 1030. The number of alkyl carbamates (subject to hydrolysis) is 3. The Hall–Kier alpha value is -4.15. The van der Waals surface area contributed by atoms with Crippen LogP contribution in [0.2, 0.25) is 0 Å². The van der Waals surface area contributed by atoms with Crippen LogP contribution in [0.4, 0.5) is 14.4 Å². The second-order valence-corrected chi connectivity index (χ2v) is 12.3. The van der Waals surface area contributed by atoms with Crippen molar-refractivity contribution in [1.82, 2.24) is 21.3 Å². The number of hydrogen-bond acceptors (Lipinski definition) is 13. The highest BCUT2D eigenvalue weighted by atomic mass is 16.6. The summed E-state index contributed by atoms with van der Waals surface area (Å²) < 4.78 is 29.5. The largest absolute Gasteiger partial charge is 0.466 e. The predicted octanol–water partition coefficient (Wildman–Crippen LogP) is 4.98. The Labute approximate surface area is 322 Å². The lowest BCUT2D eigenvalue weighted by atomic mass is 10.2. The molecular formula is C37H69N5O12. The summed E-state index contributed by atoms with van der Waals surface area (Å²) in [5.74, 6) is -0.823. The number of ether oxygens (including phenoxy) is 6. The zero-order valence-corrected chi connectivity index (χ0v) is 33.5. The van der Waals surface area contributed by atoms with Crippen LogP contribution in [0, 0.1) is 0 Å². The van der Waals surface area contributed by atoms with Crippen LogP contribution in [-0.4, -0.2) is 122 Å². The van der Waals surface area contributed by atoms with E-state index in [1.807, 2.05) is 6.92 Å². The zero-order valence-electron chi connectivity index (χ0n) is 33.5. The van der Waals surface area contributed by atoms with Gasteiger partial charge in [0, 0.05) is 45.9 Å². The molecule has 0 aliphatic carbocycles. The van der Waals surface area contributed by atoms with E-state index in [1.54, 1.807) is 7.11 Å². The van der Waals surface area contributed by atoms with Gasteiger partial charge in [-0.3, -0.25) is 19.4 Å². The third-order valence-electron chi connectivity index (χ3n) is 7.21. The summed E-state index contributed by atoms with van der Waals surface area (Å²) in [6.07, 6.45) is 10.3. The van der Waals surface area contributed by atoms with Crippen LogP contribution in [0.3, 0.4) is 0 Å². The van der Waals surface area contributed by atoms with Gasteiger partial charge >= 0.3 is 30.2 Å². The number of carbonyl (C=O) groups excluding carboxylic acids is 6. The standard InChI is InChI=1S/C22H40N2O7.C15H29N3O5/c1-3-4-9-16-29-20(26)12-13-21(27)30-17-10-11-18-31-22(28)24-15-8-6-5-7-14-23-19(2)25;1-13(12-21-2)16-10-11-23-15(20)18-9-7-5-4-6-8-17-14(19)22-3/h3-18H2,1-2H3,(H,23,25)(H,24,28);4-12H2,1-3H3,(H,17,19)(H,18,20). The number of methoxy groups -OCH3 is 2. The molecule has 0 atom stereocenters. The second kappa shape index (κ2) is 40.0. The fourth-order valence-corrected chi connectivity index (χ4v) is 4.29. The molecule has 0 rings (SSSR count). The van der Waals surface area contributed by atoms with Crippen LogP contribution in [0.5, 0.6) is 0 Å². The molecule has 0 heterocycles. The average Bonchev–Trinajstić information content (AvgIpc) is 3.14. The minimum absolute atomic E-state index is 0.0127. The molecule has 0 bridgehead atoms. The number of nitrogens with zero attached hydrogens (tertiary/aromatic N) is 1. The van der Waals surface area contributed by atoms with Crippen molar-refractivity contribution < 1.29 is 57.2 Å². The van der Waals surface area contributed by atoms with E-state index in [9.17, 15) is 28.8 Å². The average molecular weight is 776 g/mol. The topological polar surface area (TPSA) is 218 Å². The van der Waals surface area contributed by atoms with Crippen LogP contribution in [0.25, 0.3) is 0 Å². The summed E-state index contributed by atoms with van der Waals surface area (Å²) in [6.45, 7) is 9.92. The lowest BCUT2D eigenvalue weighted by Crippen LogP contribution is -2.26. The van der Waals surface area contributed by atoms with Gasteiger partial charge in [-0.25, -0.2) is 14.4 Å². The van der Waals surface area contributed by atoms with Crippen molar-refractivity contribution in [3.05, 3.63) is 0 Å². The van der Waals surface area contributed by atoms with Crippen LogP contribution in [0.1, 0.15) is 117 Å². The van der Waals surface area contributed by atoms with Crippen molar-refractivity contribution >= 4 is 41.8 Å². The van der Waals surface area contributed by atoms with Crippen LogP contribution in [-0.2, 0) is 42.8 Å². The van der Waals surface area contributed by atoms with Crippen molar-refractivity contribution in [3.8, 4) is 0 Å². The second-order valence-electron chi connectivity index (χ2n) is 12.3. The Morgan fingerprint density at radius 2 is 0.926 bits per heavy atom. The number of rotatable bonds is 31. The smallest absolute Gasteiger partial charge is 0.407 e. The minimum Gasteiger partial charge on any atom is -0.466 e. The summed E-state index contributed by atoms with van der Waals surface area (Å²) in [6, 6.07) is 0. The summed E-state index contributed by atoms with van der Waals surface area (Å²) >= 11 is 0. The number of nitrogens with one attached hydrogen (secondary N) is 4. The number of carbonyl (C=O) groups is 6. The third-order valence-corrected chi connectivity index (χ3v) is 7.21. The molecule has 0 saturated carbocycles. The SMILES string of the molecule is CCCCCOC(=O)CCC(=O)OCCCCOC(=O)NCCCCCCNC(C)=O.COCC(C)=NCCOC(=O)NCCCCCCNC(=O)OC. The summed E-state index contributed by atoms with van der Waals surface area (Å²) in [5.41, 5.74) is 0.873. The molecule has 4 N–H and O–H groups in total. The first-order valence-corrected chi connectivity index (χ1v) is 19.2. The van der Waals surface area contributed by atoms with Gasteiger partial charge in [0.15, 0.2) is 0 Å². The molecule has 0 fully saturated rings. The maximum Gasteiger partial charge on any atom is 0.407 e. The number of hydrogen-bond donors (Lipinski definition) is 4. The monoisotopic (exact) mass is 775 g/mol. The van der Waals surface area contributed by atoms with Gasteiger partial charge in [0.05, 0.1) is 52.9 Å². The Morgan fingerprint density at radius 3 is 1.37 bits per heavy atom. The summed E-state index contributed by atoms with van der Waals surface area (Å²) in [5, 5.41) is 10.7. The van der Waals surface area contributed by atoms with E-state index in [-0.39, 0.29) is 44.5 Å². The summed E-state index contributed by atoms with van der Waals surface area (Å²) in [4.78, 5) is 71.7. The first-order chi connectivity index (χ1) is 26.0. The van der Waals surface area contributed by atoms with E-state index < -0.39 is 24.2 Å². The number of unbranched alkanes of at least 4 members (excludes halogenated alkanes) is 9. The van der Waals surface area contributed by atoms with Gasteiger partial charge < -0.3 is 49.7 Å². The number of esters is 2. The normalized spacial score (nSPS) is 10.6. The molecule has 0 aromatic heterocycles. The molecule has 17 nitrogen and oxygen atoms in total. The fourth-order valence-electron chi connectivity index (χ4n) is 4.29. The molecule has 0 spiro atoms. The Balaban J connectivity index is 0. The highest BCUT2D eigenvalue weighted by Gasteiger charge is 2.09. The lowest BCUT2D eigenvalue weighted by Gasteiger charge is -2.08. The van der Waals surface area contributed by atoms with Crippen molar-refractivity contribution in [1.29, 1.82) is 0 Å². The quantitative estimate of drug-likeness (QED) is 0.0317.